The van der Waals surface area contributed by atoms with E-state index in [9.17, 15) is 0 Å². The molecule has 2 aliphatic carbocycles. The average molecular weight is 257 g/mol. The molecule has 0 aromatic heterocycles. The second-order valence-corrected chi connectivity index (χ2v) is 7.50. The van der Waals surface area contributed by atoms with E-state index in [4.69, 9.17) is 0 Å². The highest BCUT2D eigenvalue weighted by atomic mass is 15.0. The van der Waals surface area contributed by atoms with Gasteiger partial charge in [-0.3, -0.25) is 0 Å². The molecule has 1 N–H and O–H groups in total. The summed E-state index contributed by atoms with van der Waals surface area (Å²) in [5.41, 5.74) is 3.73. The lowest BCUT2D eigenvalue weighted by atomic mass is 9.68. The lowest BCUT2D eigenvalue weighted by molar-refractivity contribution is 0.155. The quantitative estimate of drug-likeness (QED) is 0.814. The Balaban J connectivity index is 1.90. The fourth-order valence-corrected chi connectivity index (χ4v) is 4.79. The molecule has 2 saturated carbocycles. The maximum absolute atomic E-state index is 3.92. The Labute approximate surface area is 117 Å². The summed E-state index contributed by atoms with van der Waals surface area (Å²) in [4.78, 5) is 0. The van der Waals surface area contributed by atoms with E-state index in [2.05, 4.69) is 57.3 Å². The minimum Gasteiger partial charge on any atom is -0.381 e. The zero-order valence-electron chi connectivity index (χ0n) is 12.8. The van der Waals surface area contributed by atoms with E-state index < -0.39 is 0 Å². The van der Waals surface area contributed by atoms with Gasteiger partial charge < -0.3 is 5.32 Å². The molecule has 0 amide bonds. The summed E-state index contributed by atoms with van der Waals surface area (Å²) in [5, 5.41) is 3.92. The van der Waals surface area contributed by atoms with Crippen molar-refractivity contribution >= 4 is 5.69 Å². The van der Waals surface area contributed by atoms with E-state index in [0.717, 1.165) is 12.3 Å². The van der Waals surface area contributed by atoms with Crippen molar-refractivity contribution in [1.82, 2.24) is 0 Å². The van der Waals surface area contributed by atoms with E-state index in [1.807, 2.05) is 0 Å². The first-order chi connectivity index (χ1) is 8.97. The molecule has 0 heterocycles. The Bertz CT molecular complexity index is 472. The van der Waals surface area contributed by atoms with Crippen LogP contribution in [0, 0.1) is 16.7 Å². The van der Waals surface area contributed by atoms with Crippen molar-refractivity contribution < 1.29 is 0 Å². The van der Waals surface area contributed by atoms with Crippen molar-refractivity contribution in [3.05, 3.63) is 29.8 Å². The van der Waals surface area contributed by atoms with Crippen LogP contribution in [0.3, 0.4) is 0 Å². The molecule has 1 aromatic rings. The maximum Gasteiger partial charge on any atom is 0.0375 e. The van der Waals surface area contributed by atoms with Gasteiger partial charge in [0.25, 0.3) is 0 Å². The first-order valence-electron chi connectivity index (χ1n) is 7.82. The molecule has 0 spiro atoms. The molecule has 1 aromatic carbocycles. The van der Waals surface area contributed by atoms with Crippen LogP contribution in [0.25, 0.3) is 0 Å². The number of para-hydroxylation sites is 1. The van der Waals surface area contributed by atoms with Gasteiger partial charge in [0.2, 0.25) is 0 Å². The number of anilines is 1. The summed E-state index contributed by atoms with van der Waals surface area (Å²) in [6.07, 6.45) is 5.34. The topological polar surface area (TPSA) is 12.0 Å². The van der Waals surface area contributed by atoms with Gasteiger partial charge in [0.1, 0.15) is 0 Å². The van der Waals surface area contributed by atoms with Crippen molar-refractivity contribution in [2.75, 3.05) is 5.32 Å². The first kappa shape index (κ1) is 13.0. The highest BCUT2D eigenvalue weighted by Crippen LogP contribution is 2.63. The van der Waals surface area contributed by atoms with Crippen molar-refractivity contribution in [3.8, 4) is 0 Å². The van der Waals surface area contributed by atoms with Crippen molar-refractivity contribution in [3.63, 3.8) is 0 Å². The predicted molar refractivity (Wildman–Crippen MR) is 82.5 cm³/mol. The van der Waals surface area contributed by atoms with Gasteiger partial charge in [-0.1, -0.05) is 45.9 Å². The molecule has 0 saturated heterocycles. The largest absolute Gasteiger partial charge is 0.381 e. The minimum atomic E-state index is 0.424. The minimum absolute atomic E-state index is 0.424. The Morgan fingerprint density at radius 3 is 2.58 bits per heavy atom. The van der Waals surface area contributed by atoms with E-state index in [0.29, 0.717) is 16.9 Å². The summed E-state index contributed by atoms with van der Waals surface area (Å²) in [5.74, 6) is 0.906. The zero-order valence-corrected chi connectivity index (χ0v) is 12.8. The highest BCUT2D eigenvalue weighted by molar-refractivity contribution is 5.53. The van der Waals surface area contributed by atoms with E-state index in [1.54, 1.807) is 0 Å². The van der Waals surface area contributed by atoms with Gasteiger partial charge in [0, 0.05) is 11.7 Å². The summed E-state index contributed by atoms with van der Waals surface area (Å²) in [6, 6.07) is 9.43. The van der Waals surface area contributed by atoms with Crippen molar-refractivity contribution in [2.45, 2.75) is 59.4 Å². The third kappa shape index (κ3) is 1.89. The summed E-state index contributed by atoms with van der Waals surface area (Å²) in [6.45, 7) is 9.67. The third-order valence-electron chi connectivity index (χ3n) is 5.97. The Morgan fingerprint density at radius 2 is 1.95 bits per heavy atom. The fraction of sp³-hybridized carbons (Fsp3) is 0.667. The molecule has 1 nitrogen and oxygen atoms in total. The molecular weight excluding hydrogens is 230 g/mol. The monoisotopic (exact) mass is 257 g/mol. The van der Waals surface area contributed by atoms with Crippen molar-refractivity contribution in [2.24, 2.45) is 16.7 Å². The van der Waals surface area contributed by atoms with Crippen LogP contribution in [0.15, 0.2) is 24.3 Å². The molecular formula is C18H27N. The third-order valence-corrected chi connectivity index (χ3v) is 5.97. The molecule has 0 aliphatic heterocycles. The van der Waals surface area contributed by atoms with Gasteiger partial charge in [-0.2, -0.15) is 0 Å². The smallest absolute Gasteiger partial charge is 0.0375 e. The van der Waals surface area contributed by atoms with Crippen LogP contribution < -0.4 is 5.32 Å². The number of hydrogen-bond donors (Lipinski definition) is 1. The summed E-state index contributed by atoms with van der Waals surface area (Å²) < 4.78 is 0. The number of fused-ring (bicyclic) bond motifs is 2. The number of benzene rings is 1. The fourth-order valence-electron chi connectivity index (χ4n) is 4.79. The van der Waals surface area contributed by atoms with Gasteiger partial charge in [-0.25, -0.2) is 0 Å². The molecule has 104 valence electrons. The molecule has 0 radical (unpaired) electrons. The Kier molecular flexibility index (Phi) is 2.92. The number of rotatable bonds is 3. The summed E-state index contributed by atoms with van der Waals surface area (Å²) in [7, 11) is 0. The van der Waals surface area contributed by atoms with Gasteiger partial charge in [0.05, 0.1) is 0 Å². The standard InChI is InChI=1S/C18H27N/c1-5-13-8-6-7-9-15(13)19-16-17(2,3)14-10-11-18(16,4)12-14/h6-9,14,16,19H,5,10-12H2,1-4H3/t14-,16?,18+/m0/s1. The van der Waals surface area contributed by atoms with Crippen LogP contribution in [-0.4, -0.2) is 6.04 Å². The molecule has 1 unspecified atom stereocenters. The highest BCUT2D eigenvalue weighted by Gasteiger charge is 2.59. The van der Waals surface area contributed by atoms with E-state index in [1.165, 1.54) is 30.5 Å². The Morgan fingerprint density at radius 1 is 1.21 bits per heavy atom. The molecule has 2 bridgehead atoms. The van der Waals surface area contributed by atoms with Gasteiger partial charge >= 0.3 is 0 Å². The number of nitrogens with one attached hydrogen (secondary N) is 1. The van der Waals surface area contributed by atoms with Crippen LogP contribution in [0.5, 0.6) is 0 Å². The van der Waals surface area contributed by atoms with Gasteiger partial charge in [-0.15, -0.1) is 0 Å². The van der Waals surface area contributed by atoms with Crippen LogP contribution in [0.4, 0.5) is 5.69 Å². The van der Waals surface area contributed by atoms with Crippen LogP contribution in [0.2, 0.25) is 0 Å². The molecule has 1 heteroatoms. The van der Waals surface area contributed by atoms with Crippen molar-refractivity contribution in [1.29, 1.82) is 0 Å². The van der Waals surface area contributed by atoms with E-state index in [-0.39, 0.29) is 0 Å². The van der Waals surface area contributed by atoms with Gasteiger partial charge in [-0.05, 0) is 54.1 Å². The lowest BCUT2D eigenvalue weighted by Crippen LogP contribution is -2.45. The van der Waals surface area contributed by atoms with Crippen LogP contribution in [0.1, 0.15) is 52.5 Å². The van der Waals surface area contributed by atoms with Gasteiger partial charge in [0.15, 0.2) is 0 Å². The second-order valence-electron chi connectivity index (χ2n) is 7.50. The predicted octanol–water partition coefficient (Wildman–Crippen LogP) is 4.88. The maximum atomic E-state index is 3.92. The summed E-state index contributed by atoms with van der Waals surface area (Å²) >= 11 is 0. The Hall–Kier alpha value is -0.980. The average Bonchev–Trinajstić information content (AvgIpc) is 2.86. The number of aryl methyl sites for hydroxylation is 1. The normalized spacial score (nSPS) is 35.6. The lowest BCUT2D eigenvalue weighted by Gasteiger charge is -2.44. The SMILES string of the molecule is CCc1ccccc1NC1C(C)(C)[C@H]2CC[C@]1(C)C2. The second kappa shape index (κ2) is 4.26. The molecule has 2 fully saturated rings. The molecule has 19 heavy (non-hydrogen) atoms. The number of hydrogen-bond acceptors (Lipinski definition) is 1. The molecule has 3 atom stereocenters. The van der Waals surface area contributed by atoms with E-state index >= 15 is 0 Å². The zero-order chi connectivity index (χ0) is 13.7. The molecule has 3 rings (SSSR count). The van der Waals surface area contributed by atoms with Crippen LogP contribution in [-0.2, 0) is 6.42 Å². The molecule has 2 aliphatic rings. The van der Waals surface area contributed by atoms with Crippen LogP contribution >= 0.6 is 0 Å². The first-order valence-corrected chi connectivity index (χ1v) is 7.82.